The molecule has 0 fully saturated rings. The van der Waals surface area contributed by atoms with E-state index in [9.17, 15) is 40.9 Å². The Labute approximate surface area is 472 Å². The summed E-state index contributed by atoms with van der Waals surface area (Å²) in [6, 6.07) is 15.6. The van der Waals surface area contributed by atoms with Crippen molar-refractivity contribution >= 4 is 63.6 Å². The molecule has 6 amide bonds. The average Bonchev–Trinajstić information content (AvgIpc) is 3.55. The van der Waals surface area contributed by atoms with Crippen LogP contribution in [0.5, 0.6) is 0 Å². The number of carbonyl (C=O) groups is 4. The van der Waals surface area contributed by atoms with Gasteiger partial charge in [-0.2, -0.15) is 4.98 Å². The number of rotatable bonds is 15. The fourth-order valence-corrected chi connectivity index (χ4v) is 9.31. The monoisotopic (exact) mass is 1140 g/mol. The summed E-state index contributed by atoms with van der Waals surface area (Å²) in [6.45, 7) is 16.7. The molecule has 0 bridgehead atoms. The van der Waals surface area contributed by atoms with Gasteiger partial charge in [0.15, 0.2) is 11.6 Å². The molecule has 6 aromatic rings. The molecule has 2 aromatic heterocycles. The summed E-state index contributed by atoms with van der Waals surface area (Å²) in [5, 5.41) is 14.1. The molecule has 8 rings (SSSR count). The number of aryl methyl sites for hydroxylation is 2. The molecule has 4 aromatic carbocycles. The van der Waals surface area contributed by atoms with Gasteiger partial charge in [0.05, 0.1) is 35.3 Å². The molecule has 0 spiro atoms. The van der Waals surface area contributed by atoms with E-state index in [4.69, 9.17) is 10.7 Å². The second-order valence-electron chi connectivity index (χ2n) is 20.8. The Balaban J connectivity index is 0.000000234. The molecule has 3 atom stereocenters. The second kappa shape index (κ2) is 27.0. The standard InChI is InChI=1S/C28H33F2N7O2.C24H23F2N5O3S.C5H14N2/c1-15(2)32-26(38)18-11-10-16(3)19(12-18)23-20-13-31-28(39)37(24-21(29)8-7-9-22(24)30)25(20)35-27(34-23)33-17(4)14-36(5)6;1-12(2)28-22(32)14-9-8-13(3)15(10-14)19-16-11-27-24(33)31(20-17(25)6-5-7-18(20)26)21(16)30-23(29-19)35(4)34;1-5(6)4-7(2)3/h7-12,15,17H,13-14H2,1-6H3,(H,31,39)(H,32,38)(H,33,34,35);5-10,12H,11H2,1-4H3,(H,27,33)(H,28,32);5H,4,6H2,1-3H3. The first-order valence-corrected chi connectivity index (χ1v) is 27.6. The molecule has 81 heavy (non-hydrogen) atoms. The highest BCUT2D eigenvalue weighted by atomic mass is 32.2. The van der Waals surface area contributed by atoms with Crippen molar-refractivity contribution in [1.29, 1.82) is 0 Å². The highest BCUT2D eigenvalue weighted by molar-refractivity contribution is 7.84. The highest BCUT2D eigenvalue weighted by Crippen LogP contribution is 2.41. The molecule has 7 N–H and O–H groups in total. The van der Waals surface area contributed by atoms with Gasteiger partial charge >= 0.3 is 12.1 Å². The number of nitrogens with two attached hydrogens (primary N) is 1. The number of nitrogens with one attached hydrogen (secondary N) is 5. The zero-order valence-corrected chi connectivity index (χ0v) is 48.5. The average molecular weight is 1140 g/mol. The SMILES string of the molecule is CC(N)CN(C)C.Cc1ccc(C(=O)NC(C)C)cc1-c1nc(NC(C)CN(C)C)nc2c1CNC(=O)N2c1c(F)cccc1F.Cc1ccc(C(=O)NC(C)C)cc1-c1nc(S(C)=O)nc2c1CNC(=O)N2c1c(F)cccc1F. The van der Waals surface area contributed by atoms with Crippen molar-refractivity contribution in [3.8, 4) is 22.5 Å². The third-order valence-electron chi connectivity index (χ3n) is 12.2. The molecule has 0 aliphatic carbocycles. The van der Waals surface area contributed by atoms with Crippen LogP contribution in [0.25, 0.3) is 22.5 Å². The third-order valence-corrected chi connectivity index (χ3v) is 12.9. The Hall–Kier alpha value is -7.93. The predicted octanol–water partition coefficient (Wildman–Crippen LogP) is 8.45. The quantitative estimate of drug-likeness (QED) is 0.0419. The molecule has 3 unspecified atom stereocenters. The van der Waals surface area contributed by atoms with Crippen LogP contribution in [0.1, 0.15) is 84.5 Å². The summed E-state index contributed by atoms with van der Waals surface area (Å²) < 4.78 is 71.6. The van der Waals surface area contributed by atoms with Crippen LogP contribution in [0.3, 0.4) is 0 Å². The predicted molar refractivity (Wildman–Crippen MR) is 307 cm³/mol. The topological polar surface area (TPSA) is 236 Å². The summed E-state index contributed by atoms with van der Waals surface area (Å²) in [7, 11) is 6.22. The fourth-order valence-electron chi connectivity index (χ4n) is 8.87. The second-order valence-corrected chi connectivity index (χ2v) is 22.1. The van der Waals surface area contributed by atoms with E-state index in [1.54, 1.807) is 30.3 Å². The molecule has 0 saturated carbocycles. The molecule has 0 radical (unpaired) electrons. The van der Waals surface area contributed by atoms with Gasteiger partial charge in [-0.15, -0.1) is 0 Å². The molecule has 19 nitrogen and oxygen atoms in total. The summed E-state index contributed by atoms with van der Waals surface area (Å²) in [4.78, 5) is 75.1. The van der Waals surface area contributed by atoms with Gasteiger partial charge < -0.3 is 42.1 Å². The zero-order valence-electron chi connectivity index (χ0n) is 47.7. The van der Waals surface area contributed by atoms with Crippen LogP contribution in [0.4, 0.5) is 56.1 Å². The number of fused-ring (bicyclic) bond motifs is 2. The van der Waals surface area contributed by atoms with E-state index in [0.29, 0.717) is 57.4 Å². The van der Waals surface area contributed by atoms with Crippen molar-refractivity contribution in [3.05, 3.63) is 129 Å². The number of anilines is 5. The number of urea groups is 2. The number of carbonyl (C=O) groups excluding carboxylic acids is 4. The van der Waals surface area contributed by atoms with Gasteiger partial charge in [-0.25, -0.2) is 51.9 Å². The van der Waals surface area contributed by atoms with E-state index in [1.165, 1.54) is 18.4 Å². The van der Waals surface area contributed by atoms with E-state index in [2.05, 4.69) is 46.4 Å². The lowest BCUT2D eigenvalue weighted by Crippen LogP contribution is -2.43. The summed E-state index contributed by atoms with van der Waals surface area (Å²) >= 11 is 0. The Morgan fingerprint density at radius 3 is 1.42 bits per heavy atom. The van der Waals surface area contributed by atoms with Gasteiger partial charge in [0.2, 0.25) is 11.1 Å². The lowest BCUT2D eigenvalue weighted by atomic mass is 9.97. The number of benzene rings is 4. The number of nitrogens with zero attached hydrogens (tertiary/aromatic N) is 8. The first-order chi connectivity index (χ1) is 38.2. The number of hydrogen-bond donors (Lipinski definition) is 6. The van der Waals surface area contributed by atoms with Crippen LogP contribution in [-0.4, -0.2) is 130 Å². The van der Waals surface area contributed by atoms with Crippen molar-refractivity contribution in [3.63, 3.8) is 0 Å². The number of likely N-dealkylation sites (N-methyl/N-ethyl adjacent to an activating group) is 2. The molecule has 2 aliphatic rings. The lowest BCUT2D eigenvalue weighted by Gasteiger charge is -2.31. The van der Waals surface area contributed by atoms with E-state index < -0.39 is 57.5 Å². The fraction of sp³-hybridized carbons (Fsp3) is 0.368. The number of amides is 6. The molecule has 24 heteroatoms. The normalized spacial score (nSPS) is 14.0. The Morgan fingerprint density at radius 2 is 1.05 bits per heavy atom. The van der Waals surface area contributed by atoms with Gasteiger partial charge in [0.25, 0.3) is 11.8 Å². The van der Waals surface area contributed by atoms with E-state index in [1.807, 2.05) is 94.5 Å². The van der Waals surface area contributed by atoms with Gasteiger partial charge in [-0.1, -0.05) is 24.3 Å². The molecule has 2 aliphatic heterocycles. The van der Waals surface area contributed by atoms with Crippen LogP contribution in [-0.2, 0) is 23.9 Å². The minimum Gasteiger partial charge on any atom is -0.350 e. The summed E-state index contributed by atoms with van der Waals surface area (Å²) in [5.74, 6) is -4.09. The third kappa shape index (κ3) is 15.3. The Bertz CT molecular complexity index is 3300. The summed E-state index contributed by atoms with van der Waals surface area (Å²) in [5.41, 5.74) is 9.45. The molecular weight excluding hydrogens is 1070 g/mol. The van der Waals surface area contributed by atoms with Crippen molar-refractivity contribution in [1.82, 2.24) is 51.0 Å². The zero-order chi connectivity index (χ0) is 59.7. The van der Waals surface area contributed by atoms with Crippen LogP contribution < -0.4 is 42.1 Å². The maximum absolute atomic E-state index is 14.9. The van der Waals surface area contributed by atoms with Crippen LogP contribution in [0.2, 0.25) is 0 Å². The molecule has 4 heterocycles. The Morgan fingerprint density at radius 1 is 0.642 bits per heavy atom. The van der Waals surface area contributed by atoms with Crippen molar-refractivity contribution in [2.24, 2.45) is 5.73 Å². The van der Waals surface area contributed by atoms with Gasteiger partial charge in [-0.3, -0.25) is 13.8 Å². The Kier molecular flexibility index (Phi) is 20.8. The number of para-hydroxylation sites is 2. The van der Waals surface area contributed by atoms with Crippen molar-refractivity contribution < 1.29 is 40.9 Å². The van der Waals surface area contributed by atoms with Gasteiger partial charge in [0, 0.05) is 76.9 Å². The minimum atomic E-state index is -1.68. The molecular formula is C57H70F4N14O5S. The van der Waals surface area contributed by atoms with E-state index in [-0.39, 0.29) is 65.8 Å². The molecule has 432 valence electrons. The van der Waals surface area contributed by atoms with Crippen LogP contribution in [0.15, 0.2) is 78.0 Å². The van der Waals surface area contributed by atoms with Crippen molar-refractivity contribution in [2.75, 3.05) is 62.7 Å². The summed E-state index contributed by atoms with van der Waals surface area (Å²) in [6.07, 6.45) is 1.36. The van der Waals surface area contributed by atoms with Gasteiger partial charge in [-0.05, 0) is 143 Å². The lowest BCUT2D eigenvalue weighted by molar-refractivity contribution is 0.0934. The highest BCUT2D eigenvalue weighted by Gasteiger charge is 2.36. The number of halogens is 4. The first-order valence-electron chi connectivity index (χ1n) is 26.0. The van der Waals surface area contributed by atoms with Crippen molar-refractivity contribution in [2.45, 2.75) is 97.8 Å². The maximum Gasteiger partial charge on any atom is 0.328 e. The van der Waals surface area contributed by atoms with E-state index in [0.717, 1.165) is 51.7 Å². The smallest absolute Gasteiger partial charge is 0.328 e. The van der Waals surface area contributed by atoms with E-state index >= 15 is 0 Å². The maximum atomic E-state index is 14.9. The number of aromatic nitrogens is 4. The van der Waals surface area contributed by atoms with Crippen LogP contribution in [0, 0.1) is 37.1 Å². The van der Waals surface area contributed by atoms with Crippen LogP contribution >= 0.6 is 0 Å². The largest absolute Gasteiger partial charge is 0.350 e. The molecule has 0 saturated heterocycles. The first kappa shape index (κ1) is 62.3. The minimum absolute atomic E-state index is 0.0332. The van der Waals surface area contributed by atoms with Gasteiger partial charge in [0.1, 0.15) is 34.6 Å². The number of hydrogen-bond acceptors (Lipinski definition) is 13.